The van der Waals surface area contributed by atoms with E-state index in [4.69, 9.17) is 23.2 Å². The van der Waals surface area contributed by atoms with Crippen molar-refractivity contribution >= 4 is 50.7 Å². The van der Waals surface area contributed by atoms with Gasteiger partial charge in [-0.1, -0.05) is 36.5 Å². The Balaban J connectivity index is 2.21. The quantitative estimate of drug-likeness (QED) is 0.717. The lowest BCUT2D eigenvalue weighted by atomic mass is 10.1. The number of anilines is 1. The maximum Gasteiger partial charge on any atom is 0.255 e. The van der Waals surface area contributed by atoms with Crippen molar-refractivity contribution < 1.29 is 4.79 Å². The molecule has 1 heterocycles. The number of halogens is 3. The van der Waals surface area contributed by atoms with Gasteiger partial charge in [-0.15, -0.1) is 0 Å². The molecule has 0 aliphatic rings. The summed E-state index contributed by atoms with van der Waals surface area (Å²) in [7, 11) is 0. The highest BCUT2D eigenvalue weighted by molar-refractivity contribution is 9.10. The van der Waals surface area contributed by atoms with Crippen LogP contribution < -0.4 is 5.32 Å². The van der Waals surface area contributed by atoms with Crippen LogP contribution in [0.25, 0.3) is 0 Å². The third-order valence-corrected chi connectivity index (χ3v) is 4.20. The normalized spacial score (nSPS) is 10.5. The second-order valence-corrected chi connectivity index (χ2v) is 6.15. The van der Waals surface area contributed by atoms with Gasteiger partial charge >= 0.3 is 0 Å². The van der Waals surface area contributed by atoms with Crippen LogP contribution in [0.5, 0.6) is 0 Å². The lowest BCUT2D eigenvalue weighted by Gasteiger charge is -2.08. The Hall–Kier alpha value is -1.10. The molecule has 0 atom stereocenters. The van der Waals surface area contributed by atoms with Crippen LogP contribution >= 0.6 is 39.1 Å². The van der Waals surface area contributed by atoms with Crippen LogP contribution in [0.15, 0.2) is 34.8 Å². The zero-order valence-electron chi connectivity index (χ0n) is 11.3. The number of pyridine rings is 1. The predicted octanol–water partition coefficient (Wildman–Crippen LogP) is 5.36. The molecule has 0 bridgehead atoms. The number of rotatable bonds is 4. The highest BCUT2D eigenvalue weighted by atomic mass is 79.9. The van der Waals surface area contributed by atoms with E-state index < -0.39 is 0 Å². The van der Waals surface area contributed by atoms with E-state index in [0.717, 1.165) is 23.0 Å². The summed E-state index contributed by atoms with van der Waals surface area (Å²) in [6, 6.07) is 8.51. The average Bonchev–Trinajstić information content (AvgIpc) is 2.42. The molecule has 3 nitrogen and oxygen atoms in total. The number of nitrogens with one attached hydrogen (secondary N) is 1. The van der Waals surface area contributed by atoms with Gasteiger partial charge in [-0.05, 0) is 52.7 Å². The zero-order chi connectivity index (χ0) is 15.4. The summed E-state index contributed by atoms with van der Waals surface area (Å²) in [4.78, 5) is 16.5. The highest BCUT2D eigenvalue weighted by Gasteiger charge is 2.10. The molecule has 2 rings (SSSR count). The summed E-state index contributed by atoms with van der Waals surface area (Å²) < 4.78 is 0.724. The second kappa shape index (κ2) is 7.25. The maximum atomic E-state index is 12.3. The summed E-state index contributed by atoms with van der Waals surface area (Å²) in [6.07, 6.45) is 1.73. The molecule has 0 spiro atoms. The van der Waals surface area contributed by atoms with Gasteiger partial charge in [0.15, 0.2) is 0 Å². The van der Waals surface area contributed by atoms with E-state index in [1.807, 2.05) is 6.92 Å². The molecule has 1 aromatic carbocycles. The topological polar surface area (TPSA) is 42.0 Å². The zero-order valence-corrected chi connectivity index (χ0v) is 14.4. The van der Waals surface area contributed by atoms with Gasteiger partial charge in [0.05, 0.1) is 5.02 Å². The van der Waals surface area contributed by atoms with E-state index in [1.54, 1.807) is 30.3 Å². The molecule has 1 amide bonds. The Morgan fingerprint density at radius 3 is 2.71 bits per heavy atom. The lowest BCUT2D eigenvalue weighted by molar-refractivity contribution is 0.102. The number of aromatic nitrogens is 1. The first kappa shape index (κ1) is 16.3. The summed E-state index contributed by atoms with van der Waals surface area (Å²) in [6.45, 7) is 2.05. The van der Waals surface area contributed by atoms with E-state index in [9.17, 15) is 4.79 Å². The molecular formula is C15H13BrCl2N2O. The molecule has 0 saturated heterocycles. The minimum Gasteiger partial charge on any atom is -0.322 e. The van der Waals surface area contributed by atoms with E-state index in [2.05, 4.69) is 26.2 Å². The first-order valence-electron chi connectivity index (χ1n) is 6.42. The summed E-state index contributed by atoms with van der Waals surface area (Å²) in [5.41, 5.74) is 1.96. The third kappa shape index (κ3) is 4.43. The van der Waals surface area contributed by atoms with Gasteiger partial charge in [0, 0.05) is 21.4 Å². The maximum absolute atomic E-state index is 12.3. The number of amides is 1. The van der Waals surface area contributed by atoms with Crippen molar-refractivity contribution in [1.82, 2.24) is 4.98 Å². The van der Waals surface area contributed by atoms with Gasteiger partial charge in [0.1, 0.15) is 5.15 Å². The average molecular weight is 388 g/mol. The van der Waals surface area contributed by atoms with Crippen LogP contribution in [0.2, 0.25) is 10.2 Å². The number of hydrogen-bond acceptors (Lipinski definition) is 2. The number of nitrogens with zero attached hydrogens (tertiary/aromatic N) is 1. The van der Waals surface area contributed by atoms with Crippen molar-refractivity contribution in [3.63, 3.8) is 0 Å². The lowest BCUT2D eigenvalue weighted by Crippen LogP contribution is -2.12. The van der Waals surface area contributed by atoms with Crippen molar-refractivity contribution in [1.29, 1.82) is 0 Å². The number of carbonyl (C=O) groups excluding carboxylic acids is 1. The molecule has 6 heteroatoms. The van der Waals surface area contributed by atoms with Crippen LogP contribution in [-0.2, 0) is 6.42 Å². The fourth-order valence-corrected chi connectivity index (χ4v) is 2.57. The minimum atomic E-state index is -0.231. The number of aryl methyl sites for hydroxylation is 1. The van der Waals surface area contributed by atoms with Gasteiger partial charge in [-0.2, -0.15) is 0 Å². The van der Waals surface area contributed by atoms with Gasteiger partial charge in [-0.25, -0.2) is 4.98 Å². The molecule has 110 valence electrons. The van der Waals surface area contributed by atoms with E-state index >= 15 is 0 Å². The minimum absolute atomic E-state index is 0.231. The fraction of sp³-hybridized carbons (Fsp3) is 0.200. The Morgan fingerprint density at radius 1 is 1.29 bits per heavy atom. The Morgan fingerprint density at radius 2 is 2.05 bits per heavy atom. The fourth-order valence-electron chi connectivity index (χ4n) is 1.84. The van der Waals surface area contributed by atoms with Gasteiger partial charge in [-0.3, -0.25) is 4.79 Å². The van der Waals surface area contributed by atoms with Gasteiger partial charge in [0.25, 0.3) is 5.91 Å². The standard InChI is InChI=1S/C15H13BrCl2N2O/c1-2-3-10-6-9(7-14(18)19-10)15(21)20-11-4-5-13(17)12(16)8-11/h4-8H,2-3H2,1H3,(H,20,21). The molecule has 0 saturated carbocycles. The Kier molecular flexibility index (Phi) is 5.62. The SMILES string of the molecule is CCCc1cc(C(=O)Nc2ccc(Cl)c(Br)c2)cc(Cl)n1. The van der Waals surface area contributed by atoms with Crippen LogP contribution in [0, 0.1) is 0 Å². The first-order valence-corrected chi connectivity index (χ1v) is 7.97. The number of hydrogen-bond donors (Lipinski definition) is 1. The highest BCUT2D eigenvalue weighted by Crippen LogP contribution is 2.26. The molecule has 0 fully saturated rings. The Labute approximate surface area is 141 Å². The van der Waals surface area contributed by atoms with Crippen molar-refractivity contribution in [3.8, 4) is 0 Å². The monoisotopic (exact) mass is 386 g/mol. The molecule has 0 aliphatic heterocycles. The Bertz CT molecular complexity index is 677. The molecule has 21 heavy (non-hydrogen) atoms. The van der Waals surface area contributed by atoms with Crippen LogP contribution in [0.1, 0.15) is 29.4 Å². The third-order valence-electron chi connectivity index (χ3n) is 2.79. The summed E-state index contributed by atoms with van der Waals surface area (Å²) in [5, 5.41) is 3.72. The molecule has 0 unspecified atom stereocenters. The van der Waals surface area contributed by atoms with Gasteiger partial charge in [0.2, 0.25) is 0 Å². The van der Waals surface area contributed by atoms with Crippen LogP contribution in [-0.4, -0.2) is 10.9 Å². The molecule has 1 aromatic heterocycles. The van der Waals surface area contributed by atoms with Crippen LogP contribution in [0.4, 0.5) is 5.69 Å². The smallest absolute Gasteiger partial charge is 0.255 e. The summed E-state index contributed by atoms with van der Waals surface area (Å²) >= 11 is 15.2. The van der Waals surface area contributed by atoms with E-state index in [1.165, 1.54) is 0 Å². The molecule has 0 radical (unpaired) electrons. The van der Waals surface area contributed by atoms with Gasteiger partial charge < -0.3 is 5.32 Å². The second-order valence-electron chi connectivity index (χ2n) is 4.50. The van der Waals surface area contributed by atoms with E-state index in [-0.39, 0.29) is 5.91 Å². The van der Waals surface area contributed by atoms with Crippen molar-refractivity contribution in [3.05, 3.63) is 56.2 Å². The predicted molar refractivity (Wildman–Crippen MR) is 90.3 cm³/mol. The number of benzene rings is 1. The molecular weight excluding hydrogens is 375 g/mol. The first-order chi connectivity index (χ1) is 9.99. The number of carbonyl (C=O) groups is 1. The van der Waals surface area contributed by atoms with Crippen molar-refractivity contribution in [2.24, 2.45) is 0 Å². The van der Waals surface area contributed by atoms with E-state index in [0.29, 0.717) is 21.4 Å². The van der Waals surface area contributed by atoms with Crippen molar-refractivity contribution in [2.45, 2.75) is 19.8 Å². The molecule has 0 aliphatic carbocycles. The van der Waals surface area contributed by atoms with Crippen molar-refractivity contribution in [2.75, 3.05) is 5.32 Å². The molecule has 1 N–H and O–H groups in total. The van der Waals surface area contributed by atoms with Crippen LogP contribution in [0.3, 0.4) is 0 Å². The summed E-state index contributed by atoms with van der Waals surface area (Å²) in [5.74, 6) is -0.231. The molecule has 2 aromatic rings. The largest absolute Gasteiger partial charge is 0.322 e.